The molecule has 1 N–H and O–H groups in total. The van der Waals surface area contributed by atoms with Crippen LogP contribution in [0, 0.1) is 13.8 Å². The lowest BCUT2D eigenvalue weighted by Gasteiger charge is -2.03. The van der Waals surface area contributed by atoms with Gasteiger partial charge in [-0.05, 0) is 25.5 Å². The highest BCUT2D eigenvalue weighted by Gasteiger charge is 2.12. The van der Waals surface area contributed by atoms with E-state index >= 15 is 0 Å². The number of anilines is 1. The lowest BCUT2D eigenvalue weighted by atomic mass is 10.1. The van der Waals surface area contributed by atoms with Gasteiger partial charge in [0.1, 0.15) is 0 Å². The van der Waals surface area contributed by atoms with E-state index in [1.54, 1.807) is 12.4 Å². The molecule has 0 aliphatic rings. The van der Waals surface area contributed by atoms with E-state index in [0.717, 1.165) is 27.3 Å². The van der Waals surface area contributed by atoms with E-state index in [9.17, 15) is 4.79 Å². The number of nitrogens with one attached hydrogen (secondary N) is 1. The molecule has 0 radical (unpaired) electrons. The predicted molar refractivity (Wildman–Crippen MR) is 93.6 cm³/mol. The third-order valence-corrected chi connectivity index (χ3v) is 4.54. The third kappa shape index (κ3) is 3.81. The van der Waals surface area contributed by atoms with E-state index in [4.69, 9.17) is 0 Å². The number of hydrogen-bond donors (Lipinski definition) is 1. The zero-order valence-corrected chi connectivity index (χ0v) is 13.9. The van der Waals surface area contributed by atoms with Crippen molar-refractivity contribution < 1.29 is 4.79 Å². The Morgan fingerprint density at radius 2 is 2.09 bits per heavy atom. The number of carbonyl (C=O) groups excluding carboxylic acids is 1. The third-order valence-electron chi connectivity index (χ3n) is 3.41. The zero-order chi connectivity index (χ0) is 16.2. The average molecular weight is 323 g/mol. The smallest absolute Gasteiger partial charge is 0.230 e. The molecule has 0 aliphatic heterocycles. The number of carbonyl (C=O) groups is 1. The molecule has 0 saturated carbocycles. The minimum Gasteiger partial charge on any atom is -0.302 e. The minimum absolute atomic E-state index is 0.0536. The Kier molecular flexibility index (Phi) is 4.48. The van der Waals surface area contributed by atoms with Gasteiger partial charge in [-0.3, -0.25) is 9.78 Å². The van der Waals surface area contributed by atoms with Crippen LogP contribution in [0.1, 0.15) is 16.8 Å². The van der Waals surface area contributed by atoms with E-state index in [-0.39, 0.29) is 5.91 Å². The van der Waals surface area contributed by atoms with Gasteiger partial charge in [0.05, 0.1) is 17.0 Å². The largest absolute Gasteiger partial charge is 0.302 e. The molecule has 3 rings (SSSR count). The van der Waals surface area contributed by atoms with Crippen molar-refractivity contribution in [2.24, 2.45) is 0 Å². The Labute approximate surface area is 139 Å². The molecular weight excluding hydrogens is 306 g/mol. The van der Waals surface area contributed by atoms with Crippen LogP contribution in [0.3, 0.4) is 0 Å². The molecule has 0 unspecified atom stereocenters. The molecule has 23 heavy (non-hydrogen) atoms. The van der Waals surface area contributed by atoms with E-state index in [1.165, 1.54) is 11.3 Å². The van der Waals surface area contributed by atoms with Crippen LogP contribution in [0.25, 0.3) is 10.4 Å². The second-order valence-corrected chi connectivity index (χ2v) is 6.39. The molecule has 0 saturated heterocycles. The summed E-state index contributed by atoms with van der Waals surface area (Å²) in [6.45, 7) is 3.96. The summed E-state index contributed by atoms with van der Waals surface area (Å²) in [4.78, 5) is 21.8. The van der Waals surface area contributed by atoms with Gasteiger partial charge in [0, 0.05) is 18.0 Å². The monoisotopic (exact) mass is 323 g/mol. The number of thiazole rings is 1. The topological polar surface area (TPSA) is 54.9 Å². The molecular formula is C18H17N3OS. The van der Waals surface area contributed by atoms with Crippen LogP contribution in [0.5, 0.6) is 0 Å². The van der Waals surface area contributed by atoms with Crippen LogP contribution in [0.4, 0.5) is 5.13 Å². The molecule has 116 valence electrons. The van der Waals surface area contributed by atoms with E-state index < -0.39 is 0 Å². The second kappa shape index (κ2) is 6.71. The molecule has 0 bridgehead atoms. The van der Waals surface area contributed by atoms with Gasteiger partial charge in [0.15, 0.2) is 5.13 Å². The molecule has 2 heterocycles. The first kappa shape index (κ1) is 15.4. The first-order valence-electron chi connectivity index (χ1n) is 7.35. The highest BCUT2D eigenvalue weighted by atomic mass is 32.1. The van der Waals surface area contributed by atoms with Crippen molar-refractivity contribution in [2.75, 3.05) is 5.32 Å². The Morgan fingerprint density at radius 3 is 2.83 bits per heavy atom. The maximum absolute atomic E-state index is 12.2. The number of benzene rings is 1. The molecule has 2 aromatic heterocycles. The lowest BCUT2D eigenvalue weighted by molar-refractivity contribution is -0.115. The van der Waals surface area contributed by atoms with Crippen molar-refractivity contribution in [3.63, 3.8) is 0 Å². The minimum atomic E-state index is -0.0536. The number of hydrogen-bond acceptors (Lipinski definition) is 4. The van der Waals surface area contributed by atoms with Crippen molar-refractivity contribution in [3.05, 3.63) is 65.6 Å². The van der Waals surface area contributed by atoms with Crippen LogP contribution in [0.15, 0.2) is 48.8 Å². The van der Waals surface area contributed by atoms with E-state index in [1.807, 2.05) is 50.2 Å². The lowest BCUT2D eigenvalue weighted by Crippen LogP contribution is -2.14. The van der Waals surface area contributed by atoms with Crippen molar-refractivity contribution in [1.29, 1.82) is 0 Å². The van der Waals surface area contributed by atoms with Crippen molar-refractivity contribution >= 4 is 22.4 Å². The Morgan fingerprint density at radius 1 is 1.22 bits per heavy atom. The molecule has 0 fully saturated rings. The fourth-order valence-corrected chi connectivity index (χ4v) is 3.36. The highest BCUT2D eigenvalue weighted by Crippen LogP contribution is 2.32. The van der Waals surface area contributed by atoms with Crippen LogP contribution < -0.4 is 5.32 Å². The maximum atomic E-state index is 12.2. The molecule has 4 nitrogen and oxygen atoms in total. The normalized spacial score (nSPS) is 10.5. The van der Waals surface area contributed by atoms with Crippen LogP contribution in [-0.2, 0) is 11.2 Å². The van der Waals surface area contributed by atoms with Gasteiger partial charge in [-0.2, -0.15) is 0 Å². The summed E-state index contributed by atoms with van der Waals surface area (Å²) < 4.78 is 0. The molecule has 0 aliphatic carbocycles. The number of pyridine rings is 1. The summed E-state index contributed by atoms with van der Waals surface area (Å²) >= 11 is 1.47. The molecule has 0 spiro atoms. The summed E-state index contributed by atoms with van der Waals surface area (Å²) in [5.41, 5.74) is 4.07. The summed E-state index contributed by atoms with van der Waals surface area (Å²) in [6.07, 6.45) is 3.89. The number of nitrogens with zero attached hydrogens (tertiary/aromatic N) is 2. The standard InChI is InChI=1S/C18H17N3OS/c1-12-5-3-6-14(9-12)10-16(22)21-18-20-13(2)17(23-18)15-7-4-8-19-11-15/h3-9,11H,10H2,1-2H3,(H,20,21,22). The van der Waals surface area contributed by atoms with Gasteiger partial charge in [0.2, 0.25) is 5.91 Å². The molecule has 1 aromatic carbocycles. The predicted octanol–water partition coefficient (Wildman–Crippen LogP) is 4.00. The van der Waals surface area contributed by atoms with Gasteiger partial charge in [-0.25, -0.2) is 4.98 Å². The zero-order valence-electron chi connectivity index (χ0n) is 13.0. The maximum Gasteiger partial charge on any atom is 0.230 e. The van der Waals surface area contributed by atoms with Gasteiger partial charge in [-0.1, -0.05) is 47.2 Å². The molecule has 5 heteroatoms. The summed E-state index contributed by atoms with van der Waals surface area (Å²) in [5.74, 6) is -0.0536. The van der Waals surface area contributed by atoms with Crippen LogP contribution in [-0.4, -0.2) is 15.9 Å². The summed E-state index contributed by atoms with van der Waals surface area (Å²) in [5, 5.41) is 3.51. The van der Waals surface area contributed by atoms with E-state index in [2.05, 4.69) is 15.3 Å². The number of aromatic nitrogens is 2. The first-order chi connectivity index (χ1) is 11.1. The Hall–Kier alpha value is -2.53. The number of aryl methyl sites for hydroxylation is 2. The summed E-state index contributed by atoms with van der Waals surface area (Å²) in [6, 6.07) is 11.8. The molecule has 0 atom stereocenters. The fourth-order valence-electron chi connectivity index (χ4n) is 2.39. The van der Waals surface area contributed by atoms with Gasteiger partial charge in [-0.15, -0.1) is 0 Å². The molecule has 1 amide bonds. The summed E-state index contributed by atoms with van der Waals surface area (Å²) in [7, 11) is 0. The van der Waals surface area contributed by atoms with Crippen LogP contribution in [0.2, 0.25) is 0 Å². The SMILES string of the molecule is Cc1cccc(CC(=O)Nc2nc(C)c(-c3cccnc3)s2)c1. The van der Waals surface area contributed by atoms with Gasteiger partial charge < -0.3 is 5.32 Å². The first-order valence-corrected chi connectivity index (χ1v) is 8.16. The Bertz CT molecular complexity index is 827. The second-order valence-electron chi connectivity index (χ2n) is 5.39. The highest BCUT2D eigenvalue weighted by molar-refractivity contribution is 7.19. The quantitative estimate of drug-likeness (QED) is 0.789. The van der Waals surface area contributed by atoms with Crippen molar-refractivity contribution in [1.82, 2.24) is 9.97 Å². The average Bonchev–Trinajstić information content (AvgIpc) is 2.88. The fraction of sp³-hybridized carbons (Fsp3) is 0.167. The van der Waals surface area contributed by atoms with Crippen LogP contribution >= 0.6 is 11.3 Å². The van der Waals surface area contributed by atoms with E-state index in [0.29, 0.717) is 11.6 Å². The Balaban J connectivity index is 1.72. The van der Waals surface area contributed by atoms with Gasteiger partial charge >= 0.3 is 0 Å². The van der Waals surface area contributed by atoms with Gasteiger partial charge in [0.25, 0.3) is 0 Å². The molecule has 3 aromatic rings. The number of amides is 1. The van der Waals surface area contributed by atoms with Crippen molar-refractivity contribution in [3.8, 4) is 10.4 Å². The van der Waals surface area contributed by atoms with Crippen molar-refractivity contribution in [2.45, 2.75) is 20.3 Å². The number of rotatable bonds is 4.